The number of aromatic carboxylic acids is 1. The number of benzene rings is 2. The van der Waals surface area contributed by atoms with Crippen molar-refractivity contribution in [2.24, 2.45) is 0 Å². The summed E-state index contributed by atoms with van der Waals surface area (Å²) in [5.41, 5.74) is 0.963. The van der Waals surface area contributed by atoms with Crippen LogP contribution in [0.3, 0.4) is 0 Å². The summed E-state index contributed by atoms with van der Waals surface area (Å²) in [6.45, 7) is 2.00. The maximum absolute atomic E-state index is 12.5. The molecule has 0 saturated carbocycles. The summed E-state index contributed by atoms with van der Waals surface area (Å²) in [4.78, 5) is 34.5. The van der Waals surface area contributed by atoms with Gasteiger partial charge in [0.2, 0.25) is 0 Å². The van der Waals surface area contributed by atoms with Crippen molar-refractivity contribution < 1.29 is 24.0 Å². The molecule has 0 spiro atoms. The topological polar surface area (TPSA) is 123 Å². The van der Waals surface area contributed by atoms with E-state index in [9.17, 15) is 19.7 Å². The summed E-state index contributed by atoms with van der Waals surface area (Å²) in [6.07, 6.45) is 1.06. The van der Waals surface area contributed by atoms with E-state index in [-0.39, 0.29) is 22.6 Å². The molecule has 2 aromatic carbocycles. The van der Waals surface area contributed by atoms with Crippen molar-refractivity contribution in [2.45, 2.75) is 19.8 Å². The second-order valence-electron chi connectivity index (χ2n) is 6.70. The van der Waals surface area contributed by atoms with Crippen LogP contribution < -0.4 is 5.32 Å². The van der Waals surface area contributed by atoms with Crippen LogP contribution in [0, 0.1) is 17.0 Å². The van der Waals surface area contributed by atoms with Crippen LogP contribution in [0.1, 0.15) is 44.2 Å². The van der Waals surface area contributed by atoms with E-state index in [1.807, 2.05) is 0 Å². The highest BCUT2D eigenvalue weighted by Gasteiger charge is 2.18. The minimum Gasteiger partial charge on any atom is -0.478 e. The number of anilines is 1. The van der Waals surface area contributed by atoms with E-state index in [4.69, 9.17) is 9.52 Å². The highest BCUT2D eigenvalue weighted by atomic mass is 16.6. The predicted octanol–water partition coefficient (Wildman–Crippen LogP) is 4.47. The fourth-order valence-electron chi connectivity index (χ4n) is 3.09. The number of nitrogens with one attached hydrogen (secondary N) is 1. The monoisotopic (exact) mass is 408 g/mol. The predicted molar refractivity (Wildman–Crippen MR) is 110 cm³/mol. The van der Waals surface area contributed by atoms with Gasteiger partial charge in [-0.1, -0.05) is 30.3 Å². The molecule has 30 heavy (non-hydrogen) atoms. The quantitative estimate of drug-likeness (QED) is 0.232. The first-order chi connectivity index (χ1) is 14.4. The Labute approximate surface area is 172 Å². The van der Waals surface area contributed by atoms with E-state index in [1.54, 1.807) is 43.3 Å². The van der Waals surface area contributed by atoms with Crippen molar-refractivity contribution in [3.05, 3.63) is 92.9 Å². The molecule has 0 fully saturated rings. The van der Waals surface area contributed by atoms with Gasteiger partial charge in [-0.15, -0.1) is 0 Å². The van der Waals surface area contributed by atoms with E-state index >= 15 is 0 Å². The van der Waals surface area contributed by atoms with Crippen molar-refractivity contribution in [3.63, 3.8) is 0 Å². The highest BCUT2D eigenvalue weighted by molar-refractivity contribution is 6.09. The summed E-state index contributed by atoms with van der Waals surface area (Å²) in [5.74, 6) is -0.432. The lowest BCUT2D eigenvalue weighted by Crippen LogP contribution is -2.07. The van der Waals surface area contributed by atoms with Crippen molar-refractivity contribution in [3.8, 4) is 0 Å². The number of carbonyl (C=O) groups excluding carboxylic acids is 1. The maximum atomic E-state index is 12.5. The number of nitro benzene ring substituents is 1. The number of carboxylic acid groups (broad SMARTS) is 1. The lowest BCUT2D eigenvalue weighted by Gasteiger charge is -2.08. The average Bonchev–Trinajstić information content (AvgIpc) is 3.12. The second kappa shape index (κ2) is 9.04. The van der Waals surface area contributed by atoms with E-state index in [0.717, 1.165) is 0 Å². The lowest BCUT2D eigenvalue weighted by molar-refractivity contribution is -0.384. The third kappa shape index (κ3) is 4.72. The third-order valence-corrected chi connectivity index (χ3v) is 4.61. The molecule has 1 heterocycles. The third-order valence-electron chi connectivity index (χ3n) is 4.61. The first-order valence-electron chi connectivity index (χ1n) is 9.31. The molecule has 3 rings (SSSR count). The van der Waals surface area contributed by atoms with Crippen LogP contribution in [0.2, 0.25) is 0 Å². The van der Waals surface area contributed by atoms with Crippen molar-refractivity contribution in [2.75, 3.05) is 11.9 Å². The largest absolute Gasteiger partial charge is 0.478 e. The Kier molecular flexibility index (Phi) is 6.26. The van der Waals surface area contributed by atoms with Crippen LogP contribution in [0.5, 0.6) is 0 Å². The molecule has 0 aliphatic heterocycles. The smallest absolute Gasteiger partial charge is 0.339 e. The normalized spacial score (nSPS) is 10.6. The second-order valence-corrected chi connectivity index (χ2v) is 6.70. The van der Waals surface area contributed by atoms with Gasteiger partial charge in [0.25, 0.3) is 5.69 Å². The van der Waals surface area contributed by atoms with Gasteiger partial charge in [-0.2, -0.15) is 0 Å². The fourth-order valence-corrected chi connectivity index (χ4v) is 3.09. The van der Waals surface area contributed by atoms with Gasteiger partial charge in [-0.3, -0.25) is 14.9 Å². The number of rotatable bonds is 9. The molecule has 0 saturated heterocycles. The number of aryl methyl sites for hydroxylation is 2. The van der Waals surface area contributed by atoms with Gasteiger partial charge in [0, 0.05) is 30.2 Å². The Morgan fingerprint density at radius 1 is 1.10 bits per heavy atom. The average molecular weight is 408 g/mol. The van der Waals surface area contributed by atoms with E-state index in [2.05, 4.69) is 5.32 Å². The van der Waals surface area contributed by atoms with Gasteiger partial charge in [0.05, 0.1) is 4.92 Å². The molecule has 0 unspecified atom stereocenters. The Morgan fingerprint density at radius 2 is 1.83 bits per heavy atom. The molecular formula is C22H20N2O6. The molecule has 0 amide bonds. The molecule has 0 aliphatic rings. The molecule has 8 heteroatoms. The number of hydrogen-bond donors (Lipinski definition) is 2. The number of carbonyl (C=O) groups is 2. The first kappa shape index (κ1) is 20.8. The summed E-state index contributed by atoms with van der Waals surface area (Å²) < 4.78 is 5.42. The van der Waals surface area contributed by atoms with Crippen LogP contribution in [-0.4, -0.2) is 28.3 Å². The van der Waals surface area contributed by atoms with Crippen LogP contribution in [-0.2, 0) is 6.42 Å². The number of furan rings is 1. The van der Waals surface area contributed by atoms with Gasteiger partial charge in [-0.05, 0) is 31.5 Å². The minimum atomic E-state index is -1.04. The molecule has 0 radical (unpaired) electrons. The number of nitro groups is 1. The maximum Gasteiger partial charge on any atom is 0.339 e. The SMILES string of the molecule is Cc1oc(CCCNc2ccc(C(=O)c3ccccc3)cc2[N+](=O)[O-])cc1C(=O)O. The Hall–Kier alpha value is -3.94. The Bertz CT molecular complexity index is 1090. The molecule has 0 atom stereocenters. The van der Waals surface area contributed by atoms with Crippen molar-refractivity contribution in [1.82, 2.24) is 0 Å². The molecule has 8 nitrogen and oxygen atoms in total. The first-order valence-corrected chi connectivity index (χ1v) is 9.31. The van der Waals surface area contributed by atoms with Crippen molar-refractivity contribution >= 4 is 23.1 Å². The van der Waals surface area contributed by atoms with Gasteiger partial charge in [-0.25, -0.2) is 4.79 Å². The van der Waals surface area contributed by atoms with Crippen LogP contribution in [0.15, 0.2) is 59.0 Å². The van der Waals surface area contributed by atoms with Gasteiger partial charge >= 0.3 is 5.97 Å². The Morgan fingerprint density at radius 3 is 2.47 bits per heavy atom. The Balaban J connectivity index is 1.66. The molecule has 154 valence electrons. The number of carboxylic acids is 1. The molecule has 1 aromatic heterocycles. The number of nitrogens with zero attached hydrogens (tertiary/aromatic N) is 1. The molecule has 3 aromatic rings. The van der Waals surface area contributed by atoms with Gasteiger partial charge < -0.3 is 14.8 Å². The summed E-state index contributed by atoms with van der Waals surface area (Å²) in [7, 11) is 0. The zero-order chi connectivity index (χ0) is 21.7. The highest BCUT2D eigenvalue weighted by Crippen LogP contribution is 2.27. The van der Waals surface area contributed by atoms with E-state index in [1.165, 1.54) is 18.2 Å². The zero-order valence-electron chi connectivity index (χ0n) is 16.3. The summed E-state index contributed by atoms with van der Waals surface area (Å²) in [5, 5.41) is 23.5. The molecule has 2 N–H and O–H groups in total. The van der Waals surface area contributed by atoms with Gasteiger partial charge in [0.1, 0.15) is 22.8 Å². The van der Waals surface area contributed by atoms with E-state index < -0.39 is 10.9 Å². The van der Waals surface area contributed by atoms with Crippen LogP contribution >= 0.6 is 0 Å². The summed E-state index contributed by atoms with van der Waals surface area (Å²) in [6, 6.07) is 14.4. The minimum absolute atomic E-state index is 0.132. The lowest BCUT2D eigenvalue weighted by atomic mass is 10.0. The van der Waals surface area contributed by atoms with Crippen LogP contribution in [0.25, 0.3) is 0 Å². The molecule has 0 aliphatic carbocycles. The summed E-state index contributed by atoms with van der Waals surface area (Å²) >= 11 is 0. The molecule has 0 bridgehead atoms. The number of ketones is 1. The molecular weight excluding hydrogens is 388 g/mol. The van der Waals surface area contributed by atoms with Gasteiger partial charge in [0.15, 0.2) is 5.78 Å². The van der Waals surface area contributed by atoms with Crippen molar-refractivity contribution in [1.29, 1.82) is 0 Å². The fraction of sp³-hybridized carbons (Fsp3) is 0.182. The van der Waals surface area contributed by atoms with E-state index in [0.29, 0.717) is 42.2 Å². The number of hydrogen-bond acceptors (Lipinski definition) is 6. The zero-order valence-corrected chi connectivity index (χ0v) is 16.3. The standard InChI is InChI=1S/C22H20N2O6/c1-14-18(22(26)27)13-17(30-14)8-5-11-23-19-10-9-16(12-20(19)24(28)29)21(25)15-6-3-2-4-7-15/h2-4,6-7,9-10,12-13,23H,5,8,11H2,1H3,(H,26,27). The van der Waals surface area contributed by atoms with Crippen LogP contribution in [0.4, 0.5) is 11.4 Å².